The third-order valence-corrected chi connectivity index (χ3v) is 7.63. The molecule has 1 N–H and O–H groups in total. The van der Waals surface area contributed by atoms with E-state index in [1.807, 2.05) is 26.0 Å². The van der Waals surface area contributed by atoms with Gasteiger partial charge < -0.3 is 10.1 Å². The smallest absolute Gasteiger partial charge is 0.255 e. The molecular weight excluding hydrogens is 424 g/mol. The van der Waals surface area contributed by atoms with Crippen LogP contribution in [0.3, 0.4) is 0 Å². The van der Waals surface area contributed by atoms with Crippen molar-refractivity contribution in [3.05, 3.63) is 57.6 Å². The summed E-state index contributed by atoms with van der Waals surface area (Å²) in [4.78, 5) is 13.3. The molecule has 2 aromatic rings. The van der Waals surface area contributed by atoms with E-state index >= 15 is 0 Å². The Bertz CT molecular complexity index is 1050. The average Bonchev–Trinajstić information content (AvgIpc) is 2.75. The van der Waals surface area contributed by atoms with Crippen molar-refractivity contribution in [2.45, 2.75) is 38.5 Å². The Morgan fingerprint density at radius 2 is 1.83 bits per heavy atom. The third-order valence-electron chi connectivity index (χ3n) is 5.38. The van der Waals surface area contributed by atoms with Crippen LogP contribution in [-0.2, 0) is 27.6 Å². The Hall–Kier alpha value is -1.93. The van der Waals surface area contributed by atoms with E-state index in [0.29, 0.717) is 54.6 Å². The minimum absolute atomic E-state index is 0.109. The van der Waals surface area contributed by atoms with E-state index in [-0.39, 0.29) is 10.8 Å². The molecule has 0 bridgehead atoms. The van der Waals surface area contributed by atoms with Gasteiger partial charge in [-0.2, -0.15) is 4.31 Å². The maximum atomic E-state index is 13.2. The topological polar surface area (TPSA) is 75.7 Å². The highest BCUT2D eigenvalue weighted by Crippen LogP contribution is 2.30. The van der Waals surface area contributed by atoms with Crippen LogP contribution in [0.25, 0.3) is 0 Å². The van der Waals surface area contributed by atoms with Gasteiger partial charge in [-0.15, -0.1) is 0 Å². The Morgan fingerprint density at radius 3 is 2.47 bits per heavy atom. The molecule has 1 saturated heterocycles. The number of amides is 1. The normalized spacial score (nSPS) is 15.2. The van der Waals surface area contributed by atoms with Crippen LogP contribution in [0.15, 0.2) is 35.2 Å². The molecule has 0 aromatic heterocycles. The summed E-state index contributed by atoms with van der Waals surface area (Å²) >= 11 is 6.34. The molecule has 0 saturated carbocycles. The second-order valence-electron chi connectivity index (χ2n) is 7.21. The number of carbonyl (C=O) groups excluding carboxylic acids is 1. The first kappa shape index (κ1) is 22.7. The second-order valence-corrected chi connectivity index (χ2v) is 9.56. The van der Waals surface area contributed by atoms with Gasteiger partial charge in [-0.1, -0.05) is 37.6 Å². The standard InChI is InChI=1S/C22H27ClN2O4S/c1-4-16-7-9-20(23)18(5-2)21(16)24-22(26)19-14-17(8-6-15(19)3)30(27,28)25-10-12-29-13-11-25/h6-9,14H,4-5,10-13H2,1-3H3,(H,24,26). The Morgan fingerprint density at radius 1 is 1.13 bits per heavy atom. The van der Waals surface area contributed by atoms with Crippen LogP contribution >= 0.6 is 11.6 Å². The number of carbonyl (C=O) groups is 1. The van der Waals surface area contributed by atoms with E-state index in [0.717, 1.165) is 17.5 Å². The Kier molecular flexibility index (Phi) is 7.18. The molecule has 0 atom stereocenters. The number of morpholine rings is 1. The third kappa shape index (κ3) is 4.54. The highest BCUT2D eigenvalue weighted by molar-refractivity contribution is 7.89. The van der Waals surface area contributed by atoms with Crippen LogP contribution in [0.5, 0.6) is 0 Å². The number of aryl methyl sites for hydroxylation is 2. The summed E-state index contributed by atoms with van der Waals surface area (Å²) in [6.45, 7) is 7.13. The van der Waals surface area contributed by atoms with Crippen LogP contribution < -0.4 is 5.32 Å². The molecule has 1 aliphatic heterocycles. The van der Waals surface area contributed by atoms with Crippen molar-refractivity contribution in [2.24, 2.45) is 0 Å². The van der Waals surface area contributed by atoms with Crippen molar-refractivity contribution in [3.63, 3.8) is 0 Å². The lowest BCUT2D eigenvalue weighted by Gasteiger charge is -2.26. The summed E-state index contributed by atoms with van der Waals surface area (Å²) in [5.74, 6) is -0.349. The van der Waals surface area contributed by atoms with Crippen molar-refractivity contribution in [1.82, 2.24) is 4.31 Å². The number of hydrogen-bond donors (Lipinski definition) is 1. The quantitative estimate of drug-likeness (QED) is 0.720. The molecule has 3 rings (SSSR count). The predicted molar refractivity (Wildman–Crippen MR) is 119 cm³/mol. The minimum atomic E-state index is -3.69. The second kappa shape index (κ2) is 9.47. The Balaban J connectivity index is 1.96. The summed E-state index contributed by atoms with van der Waals surface area (Å²) in [5.41, 5.74) is 3.59. The summed E-state index contributed by atoms with van der Waals surface area (Å²) in [6, 6.07) is 8.42. The average molecular weight is 451 g/mol. The monoisotopic (exact) mass is 450 g/mol. The number of hydrogen-bond acceptors (Lipinski definition) is 4. The predicted octanol–water partition coefficient (Wildman–Crippen LogP) is 4.05. The van der Waals surface area contributed by atoms with Gasteiger partial charge in [0.15, 0.2) is 0 Å². The van der Waals surface area contributed by atoms with Crippen molar-refractivity contribution >= 4 is 33.2 Å². The number of anilines is 1. The van der Waals surface area contributed by atoms with E-state index in [4.69, 9.17) is 16.3 Å². The molecule has 8 heteroatoms. The molecule has 1 heterocycles. The van der Waals surface area contributed by atoms with Crippen molar-refractivity contribution < 1.29 is 17.9 Å². The van der Waals surface area contributed by atoms with E-state index in [9.17, 15) is 13.2 Å². The van der Waals surface area contributed by atoms with Crippen LogP contribution in [0.4, 0.5) is 5.69 Å². The van der Waals surface area contributed by atoms with Crippen LogP contribution in [-0.4, -0.2) is 44.9 Å². The molecule has 1 aliphatic rings. The lowest BCUT2D eigenvalue weighted by molar-refractivity contribution is 0.0730. The van der Waals surface area contributed by atoms with Gasteiger partial charge in [0.2, 0.25) is 10.0 Å². The van der Waals surface area contributed by atoms with Gasteiger partial charge in [0.05, 0.1) is 18.1 Å². The maximum absolute atomic E-state index is 13.2. The molecule has 0 radical (unpaired) electrons. The van der Waals surface area contributed by atoms with Gasteiger partial charge in [0.25, 0.3) is 5.91 Å². The maximum Gasteiger partial charge on any atom is 0.255 e. The van der Waals surface area contributed by atoms with E-state index in [1.165, 1.54) is 10.4 Å². The fourth-order valence-corrected chi connectivity index (χ4v) is 5.32. The molecule has 0 aliphatic carbocycles. The molecule has 2 aromatic carbocycles. The number of benzene rings is 2. The molecule has 1 fully saturated rings. The van der Waals surface area contributed by atoms with E-state index in [1.54, 1.807) is 19.1 Å². The van der Waals surface area contributed by atoms with Crippen molar-refractivity contribution in [3.8, 4) is 0 Å². The zero-order valence-corrected chi connectivity index (χ0v) is 19.1. The fraction of sp³-hybridized carbons (Fsp3) is 0.409. The highest BCUT2D eigenvalue weighted by atomic mass is 35.5. The number of sulfonamides is 1. The van der Waals surface area contributed by atoms with Gasteiger partial charge in [0, 0.05) is 29.4 Å². The number of halogens is 1. The molecule has 162 valence electrons. The summed E-state index contributed by atoms with van der Waals surface area (Å²) in [7, 11) is -3.69. The van der Waals surface area contributed by atoms with Gasteiger partial charge in [-0.3, -0.25) is 4.79 Å². The number of ether oxygens (including phenoxy) is 1. The largest absolute Gasteiger partial charge is 0.379 e. The highest BCUT2D eigenvalue weighted by Gasteiger charge is 2.27. The van der Waals surface area contributed by atoms with Crippen molar-refractivity contribution in [1.29, 1.82) is 0 Å². The van der Waals surface area contributed by atoms with E-state index in [2.05, 4.69) is 5.32 Å². The van der Waals surface area contributed by atoms with Crippen molar-refractivity contribution in [2.75, 3.05) is 31.6 Å². The first-order valence-electron chi connectivity index (χ1n) is 10.1. The molecule has 6 nitrogen and oxygen atoms in total. The molecule has 1 amide bonds. The molecule has 30 heavy (non-hydrogen) atoms. The summed E-state index contributed by atoms with van der Waals surface area (Å²) in [6.07, 6.45) is 1.41. The van der Waals surface area contributed by atoms with E-state index < -0.39 is 10.0 Å². The lowest BCUT2D eigenvalue weighted by atomic mass is 10.0. The fourth-order valence-electron chi connectivity index (χ4n) is 3.59. The molecule has 0 unspecified atom stereocenters. The van der Waals surface area contributed by atoms with Crippen LogP contribution in [0, 0.1) is 6.92 Å². The first-order chi connectivity index (χ1) is 14.3. The number of nitrogens with one attached hydrogen (secondary N) is 1. The SMILES string of the molecule is CCc1ccc(Cl)c(CC)c1NC(=O)c1cc(S(=O)(=O)N2CCOCC2)ccc1C. The van der Waals surface area contributed by atoms with Gasteiger partial charge >= 0.3 is 0 Å². The lowest BCUT2D eigenvalue weighted by Crippen LogP contribution is -2.40. The minimum Gasteiger partial charge on any atom is -0.379 e. The van der Waals surface area contributed by atoms with Gasteiger partial charge in [0.1, 0.15) is 0 Å². The van der Waals surface area contributed by atoms with Crippen LogP contribution in [0.1, 0.15) is 40.9 Å². The molecule has 0 spiro atoms. The first-order valence-corrected chi connectivity index (χ1v) is 11.9. The zero-order chi connectivity index (χ0) is 21.9. The van der Waals surface area contributed by atoms with Gasteiger partial charge in [-0.05, 0) is 54.7 Å². The summed E-state index contributed by atoms with van der Waals surface area (Å²) in [5, 5.41) is 3.59. The molecular formula is C22H27ClN2O4S. The van der Waals surface area contributed by atoms with Gasteiger partial charge in [-0.25, -0.2) is 8.42 Å². The van der Waals surface area contributed by atoms with Crippen LogP contribution in [0.2, 0.25) is 5.02 Å². The Labute approximate surface area is 183 Å². The summed E-state index contributed by atoms with van der Waals surface area (Å²) < 4.78 is 32.6. The zero-order valence-electron chi connectivity index (χ0n) is 17.5. The number of nitrogens with zero attached hydrogens (tertiary/aromatic N) is 1. The number of rotatable bonds is 6.